The summed E-state index contributed by atoms with van der Waals surface area (Å²) >= 11 is 0. The summed E-state index contributed by atoms with van der Waals surface area (Å²) in [7, 11) is -2.05. The molecule has 0 atom stereocenters. The highest BCUT2D eigenvalue weighted by Crippen LogP contribution is 2.38. The van der Waals surface area contributed by atoms with Gasteiger partial charge in [0.15, 0.2) is 0 Å². The van der Waals surface area contributed by atoms with E-state index in [2.05, 4.69) is 17.0 Å². The monoisotopic (exact) mass is 402 g/mol. The maximum atomic E-state index is 13.3. The summed E-state index contributed by atoms with van der Waals surface area (Å²) in [5.74, 6) is 0.639. The highest BCUT2D eigenvalue weighted by molar-refractivity contribution is 7.89. The topological polar surface area (TPSA) is 59.1 Å². The van der Waals surface area contributed by atoms with E-state index in [1.807, 2.05) is 18.2 Å². The molecule has 2 aliphatic rings. The van der Waals surface area contributed by atoms with Crippen LogP contribution in [-0.4, -0.2) is 56.7 Å². The van der Waals surface area contributed by atoms with Gasteiger partial charge in [0.05, 0.1) is 18.6 Å². The number of piperidine rings is 1. The Labute approximate surface area is 166 Å². The molecule has 0 aliphatic carbocycles. The molecule has 0 aromatic heterocycles. The molecule has 28 heavy (non-hydrogen) atoms. The van der Waals surface area contributed by atoms with Gasteiger partial charge in [-0.3, -0.25) is 4.90 Å². The van der Waals surface area contributed by atoms with Crippen LogP contribution in [-0.2, 0) is 21.3 Å². The molecule has 4 rings (SSSR count). The summed E-state index contributed by atoms with van der Waals surface area (Å²) in [6, 6.07) is 16.9. The van der Waals surface area contributed by atoms with Crippen molar-refractivity contribution in [3.05, 3.63) is 60.2 Å². The Balaban J connectivity index is 1.48. The molecule has 7 heteroatoms. The molecule has 0 radical (unpaired) electrons. The SMILES string of the molecule is COc1ccc(S(=O)(=O)N2CCOC23CCN(Cc2ccccc2)CC3)cc1. The first-order chi connectivity index (χ1) is 13.5. The Kier molecular flexibility index (Phi) is 5.42. The van der Waals surface area contributed by atoms with Gasteiger partial charge in [0.2, 0.25) is 10.0 Å². The number of hydrogen-bond acceptors (Lipinski definition) is 5. The van der Waals surface area contributed by atoms with Gasteiger partial charge in [0.25, 0.3) is 0 Å². The van der Waals surface area contributed by atoms with Crippen LogP contribution in [0.1, 0.15) is 18.4 Å². The van der Waals surface area contributed by atoms with Crippen molar-refractivity contribution in [3.8, 4) is 5.75 Å². The molecule has 0 saturated carbocycles. The van der Waals surface area contributed by atoms with Crippen molar-refractivity contribution in [2.45, 2.75) is 30.0 Å². The fourth-order valence-electron chi connectivity index (χ4n) is 4.10. The maximum Gasteiger partial charge on any atom is 0.245 e. The van der Waals surface area contributed by atoms with Crippen LogP contribution in [0.3, 0.4) is 0 Å². The van der Waals surface area contributed by atoms with E-state index >= 15 is 0 Å². The molecule has 2 aliphatic heterocycles. The molecule has 0 amide bonds. The van der Waals surface area contributed by atoms with Gasteiger partial charge < -0.3 is 9.47 Å². The van der Waals surface area contributed by atoms with Gasteiger partial charge >= 0.3 is 0 Å². The van der Waals surface area contributed by atoms with Crippen molar-refractivity contribution in [2.24, 2.45) is 0 Å². The van der Waals surface area contributed by atoms with Crippen LogP contribution in [0.15, 0.2) is 59.5 Å². The highest BCUT2D eigenvalue weighted by atomic mass is 32.2. The number of hydrogen-bond donors (Lipinski definition) is 0. The normalized spacial score (nSPS) is 20.5. The van der Waals surface area contributed by atoms with Gasteiger partial charge in [-0.05, 0) is 29.8 Å². The molecule has 2 aromatic carbocycles. The van der Waals surface area contributed by atoms with Crippen LogP contribution in [0.4, 0.5) is 0 Å². The fraction of sp³-hybridized carbons (Fsp3) is 0.429. The van der Waals surface area contributed by atoms with Crippen LogP contribution in [0.2, 0.25) is 0 Å². The average Bonchev–Trinajstić information content (AvgIpc) is 3.15. The van der Waals surface area contributed by atoms with Crippen molar-refractivity contribution in [2.75, 3.05) is 33.4 Å². The van der Waals surface area contributed by atoms with Crippen molar-refractivity contribution in [1.82, 2.24) is 9.21 Å². The summed E-state index contributed by atoms with van der Waals surface area (Å²) in [4.78, 5) is 2.64. The van der Waals surface area contributed by atoms with Crippen LogP contribution < -0.4 is 4.74 Å². The summed E-state index contributed by atoms with van der Waals surface area (Å²) in [5.41, 5.74) is 0.542. The van der Waals surface area contributed by atoms with Crippen molar-refractivity contribution < 1.29 is 17.9 Å². The molecule has 6 nitrogen and oxygen atoms in total. The zero-order valence-electron chi connectivity index (χ0n) is 16.1. The van der Waals surface area contributed by atoms with E-state index < -0.39 is 15.7 Å². The second kappa shape index (κ2) is 7.83. The number of rotatable bonds is 5. The summed E-state index contributed by atoms with van der Waals surface area (Å²) < 4.78 is 39.3. The number of benzene rings is 2. The fourth-order valence-corrected chi connectivity index (χ4v) is 5.83. The first-order valence-electron chi connectivity index (χ1n) is 9.61. The molecule has 2 aromatic rings. The third kappa shape index (κ3) is 3.67. The van der Waals surface area contributed by atoms with E-state index in [0.717, 1.165) is 19.6 Å². The van der Waals surface area contributed by atoms with Gasteiger partial charge in [-0.15, -0.1) is 0 Å². The van der Waals surface area contributed by atoms with E-state index in [1.54, 1.807) is 35.7 Å². The minimum Gasteiger partial charge on any atom is -0.497 e. The van der Waals surface area contributed by atoms with E-state index in [-0.39, 0.29) is 4.90 Å². The Hall–Kier alpha value is -1.93. The van der Waals surface area contributed by atoms with Crippen molar-refractivity contribution in [3.63, 3.8) is 0 Å². The zero-order valence-corrected chi connectivity index (χ0v) is 16.9. The largest absolute Gasteiger partial charge is 0.497 e. The number of nitrogens with zero attached hydrogens (tertiary/aromatic N) is 2. The van der Waals surface area contributed by atoms with Gasteiger partial charge in [0.1, 0.15) is 11.5 Å². The van der Waals surface area contributed by atoms with Crippen LogP contribution in [0.5, 0.6) is 5.75 Å². The first-order valence-corrected chi connectivity index (χ1v) is 11.0. The highest BCUT2D eigenvalue weighted by Gasteiger charge is 2.50. The molecular formula is C21H26N2O4S. The molecule has 150 valence electrons. The van der Waals surface area contributed by atoms with Gasteiger partial charge in [-0.1, -0.05) is 30.3 Å². The van der Waals surface area contributed by atoms with E-state index in [1.165, 1.54) is 5.56 Å². The maximum absolute atomic E-state index is 13.3. The lowest BCUT2D eigenvalue weighted by Crippen LogP contribution is -2.54. The molecule has 0 unspecified atom stereocenters. The summed E-state index contributed by atoms with van der Waals surface area (Å²) in [6.45, 7) is 3.33. The van der Waals surface area contributed by atoms with Gasteiger partial charge in [-0.2, -0.15) is 4.31 Å². The predicted octanol–water partition coefficient (Wildman–Crippen LogP) is 2.71. The minimum absolute atomic E-state index is 0.282. The number of likely N-dealkylation sites (tertiary alicyclic amines) is 1. The molecular weight excluding hydrogens is 376 g/mol. The molecule has 1 spiro atoms. The van der Waals surface area contributed by atoms with Gasteiger partial charge in [-0.25, -0.2) is 8.42 Å². The predicted molar refractivity (Wildman–Crippen MR) is 107 cm³/mol. The molecule has 2 heterocycles. The van der Waals surface area contributed by atoms with Gasteiger partial charge in [0, 0.05) is 39.0 Å². The lowest BCUT2D eigenvalue weighted by Gasteiger charge is -2.42. The average molecular weight is 403 g/mol. The Morgan fingerprint density at radius 3 is 2.32 bits per heavy atom. The standard InChI is InChI=1S/C21H26N2O4S/c1-26-19-7-9-20(10-8-19)28(24,25)23-15-16-27-21(23)11-13-22(14-12-21)17-18-5-3-2-4-6-18/h2-10H,11-17H2,1H3. The van der Waals surface area contributed by atoms with Crippen LogP contribution >= 0.6 is 0 Å². The molecule has 2 fully saturated rings. The van der Waals surface area contributed by atoms with E-state index in [4.69, 9.17) is 9.47 Å². The Morgan fingerprint density at radius 1 is 1.00 bits per heavy atom. The number of methoxy groups -OCH3 is 1. The number of sulfonamides is 1. The summed E-state index contributed by atoms with van der Waals surface area (Å²) in [6.07, 6.45) is 1.35. The lowest BCUT2D eigenvalue weighted by molar-refractivity contribution is -0.0917. The minimum atomic E-state index is -3.61. The van der Waals surface area contributed by atoms with Crippen LogP contribution in [0, 0.1) is 0 Å². The molecule has 0 N–H and O–H groups in total. The van der Waals surface area contributed by atoms with Crippen molar-refractivity contribution in [1.29, 1.82) is 0 Å². The quantitative estimate of drug-likeness (QED) is 0.770. The van der Waals surface area contributed by atoms with E-state index in [0.29, 0.717) is 31.7 Å². The number of ether oxygens (including phenoxy) is 2. The zero-order chi connectivity index (χ0) is 19.6. The Bertz CT molecular complexity index is 892. The third-order valence-corrected chi connectivity index (χ3v) is 7.62. The molecule has 2 saturated heterocycles. The first kappa shape index (κ1) is 19.4. The van der Waals surface area contributed by atoms with Crippen LogP contribution in [0.25, 0.3) is 0 Å². The smallest absolute Gasteiger partial charge is 0.245 e. The molecule has 0 bridgehead atoms. The third-order valence-electron chi connectivity index (χ3n) is 5.65. The summed E-state index contributed by atoms with van der Waals surface area (Å²) in [5, 5.41) is 0. The van der Waals surface area contributed by atoms with Crippen molar-refractivity contribution >= 4 is 10.0 Å². The Morgan fingerprint density at radius 2 is 1.68 bits per heavy atom. The van der Waals surface area contributed by atoms with E-state index in [9.17, 15) is 8.42 Å². The second-order valence-corrected chi connectivity index (χ2v) is 9.17. The lowest BCUT2D eigenvalue weighted by atomic mass is 10.00. The second-order valence-electron chi connectivity index (χ2n) is 7.31.